The first kappa shape index (κ1) is 19.6. The number of para-hydroxylation sites is 2. The van der Waals surface area contributed by atoms with Crippen molar-refractivity contribution >= 4 is 17.3 Å². The fourth-order valence-corrected chi connectivity index (χ4v) is 3.04. The van der Waals surface area contributed by atoms with E-state index in [0.717, 1.165) is 16.9 Å². The molecule has 3 rings (SSSR count). The van der Waals surface area contributed by atoms with Crippen molar-refractivity contribution in [2.24, 2.45) is 0 Å². The number of rotatable bonds is 8. The normalized spacial score (nSPS) is 11.6. The van der Waals surface area contributed by atoms with Crippen molar-refractivity contribution < 1.29 is 9.90 Å². The topological polar surface area (TPSA) is 52.6 Å². The lowest BCUT2D eigenvalue weighted by molar-refractivity contribution is 0.102. The van der Waals surface area contributed by atoms with Crippen molar-refractivity contribution in [3.8, 4) is 0 Å². The minimum atomic E-state index is -0.398. The summed E-state index contributed by atoms with van der Waals surface area (Å²) in [5.41, 5.74) is 3.46. The fraction of sp³-hybridized carbons (Fsp3) is 0.208. The molecule has 144 valence electrons. The quantitative estimate of drug-likeness (QED) is 0.600. The van der Waals surface area contributed by atoms with Gasteiger partial charge in [-0.1, -0.05) is 55.5 Å². The molecule has 0 aliphatic rings. The Labute approximate surface area is 166 Å². The molecule has 1 atom stereocenters. The summed E-state index contributed by atoms with van der Waals surface area (Å²) in [6.45, 7) is 3.14. The third-order valence-electron chi connectivity index (χ3n) is 4.62. The summed E-state index contributed by atoms with van der Waals surface area (Å²) in [5, 5.41) is 13.1. The van der Waals surface area contributed by atoms with Crippen molar-refractivity contribution in [3.63, 3.8) is 0 Å². The Morgan fingerprint density at radius 3 is 2.32 bits per heavy atom. The fourth-order valence-electron chi connectivity index (χ4n) is 3.04. The minimum Gasteiger partial charge on any atom is -0.391 e. The van der Waals surface area contributed by atoms with E-state index in [0.29, 0.717) is 25.1 Å². The first-order chi connectivity index (χ1) is 13.7. The molecule has 1 amide bonds. The summed E-state index contributed by atoms with van der Waals surface area (Å²) in [4.78, 5) is 14.7. The summed E-state index contributed by atoms with van der Waals surface area (Å²) in [5.74, 6) is -0.132. The maximum Gasteiger partial charge on any atom is 0.255 e. The van der Waals surface area contributed by atoms with Gasteiger partial charge in [-0.25, -0.2) is 0 Å². The highest BCUT2D eigenvalue weighted by Gasteiger charge is 2.13. The molecular weight excluding hydrogens is 348 g/mol. The molecule has 28 heavy (non-hydrogen) atoms. The van der Waals surface area contributed by atoms with Crippen molar-refractivity contribution in [2.45, 2.75) is 26.0 Å². The van der Waals surface area contributed by atoms with Gasteiger partial charge < -0.3 is 15.3 Å². The number of aliphatic hydroxyl groups is 1. The molecule has 0 aliphatic heterocycles. The molecule has 0 aliphatic carbocycles. The van der Waals surface area contributed by atoms with Crippen LogP contribution in [0.15, 0.2) is 84.9 Å². The van der Waals surface area contributed by atoms with E-state index in [4.69, 9.17) is 0 Å². The second-order valence-corrected chi connectivity index (χ2v) is 6.80. The highest BCUT2D eigenvalue weighted by molar-refractivity contribution is 6.04. The summed E-state index contributed by atoms with van der Waals surface area (Å²) in [7, 11) is 0. The van der Waals surface area contributed by atoms with Gasteiger partial charge in [0.05, 0.1) is 6.10 Å². The van der Waals surface area contributed by atoms with Crippen molar-refractivity contribution in [2.75, 3.05) is 16.8 Å². The standard InChI is InChI=1S/C24H26N2O2/c1-2-23(27)18-26(22-14-7-4-8-15-22)17-19-10-9-11-20(16-19)24(28)25-21-12-5-3-6-13-21/h3-16,23,27H,2,17-18H2,1H3,(H,25,28). The first-order valence-electron chi connectivity index (χ1n) is 9.59. The lowest BCUT2D eigenvalue weighted by Gasteiger charge is -2.27. The molecular formula is C24H26N2O2. The molecule has 1 unspecified atom stereocenters. The molecule has 0 fully saturated rings. The average Bonchev–Trinajstić information content (AvgIpc) is 2.74. The van der Waals surface area contributed by atoms with E-state index >= 15 is 0 Å². The molecule has 0 heterocycles. The summed E-state index contributed by atoms with van der Waals surface area (Å²) in [6.07, 6.45) is 0.299. The van der Waals surface area contributed by atoms with Crippen molar-refractivity contribution in [1.82, 2.24) is 0 Å². The van der Waals surface area contributed by atoms with E-state index in [9.17, 15) is 9.90 Å². The zero-order valence-corrected chi connectivity index (χ0v) is 16.1. The predicted molar refractivity (Wildman–Crippen MR) is 115 cm³/mol. The van der Waals surface area contributed by atoms with Crippen LogP contribution in [0.5, 0.6) is 0 Å². The monoisotopic (exact) mass is 374 g/mol. The molecule has 0 spiro atoms. The third kappa shape index (κ3) is 5.44. The van der Waals surface area contributed by atoms with Crippen LogP contribution in [0.4, 0.5) is 11.4 Å². The number of carbonyl (C=O) groups is 1. The highest BCUT2D eigenvalue weighted by Crippen LogP contribution is 2.19. The van der Waals surface area contributed by atoms with E-state index in [1.165, 1.54) is 0 Å². The zero-order valence-electron chi connectivity index (χ0n) is 16.1. The van der Waals surface area contributed by atoms with Crippen LogP contribution < -0.4 is 10.2 Å². The summed E-state index contributed by atoms with van der Waals surface area (Å²) < 4.78 is 0. The number of amides is 1. The Kier molecular flexibility index (Phi) is 6.82. The van der Waals surface area contributed by atoms with Gasteiger partial charge in [0.25, 0.3) is 5.91 Å². The minimum absolute atomic E-state index is 0.132. The van der Waals surface area contributed by atoms with Gasteiger partial charge in [0, 0.05) is 30.0 Å². The molecule has 0 radical (unpaired) electrons. The predicted octanol–water partition coefficient (Wildman–Crippen LogP) is 4.72. The van der Waals surface area contributed by atoms with Crippen LogP contribution in [0.1, 0.15) is 29.3 Å². The molecule has 0 bridgehead atoms. The number of benzene rings is 3. The smallest absolute Gasteiger partial charge is 0.255 e. The Morgan fingerprint density at radius 1 is 0.964 bits per heavy atom. The van der Waals surface area contributed by atoms with E-state index < -0.39 is 6.10 Å². The van der Waals surface area contributed by atoms with Gasteiger partial charge >= 0.3 is 0 Å². The van der Waals surface area contributed by atoms with Gasteiger partial charge in [0.15, 0.2) is 0 Å². The maximum absolute atomic E-state index is 12.6. The maximum atomic E-state index is 12.6. The zero-order chi connectivity index (χ0) is 19.8. The number of hydrogen-bond acceptors (Lipinski definition) is 3. The SMILES string of the molecule is CCC(O)CN(Cc1cccc(C(=O)Nc2ccccc2)c1)c1ccccc1. The number of nitrogens with zero attached hydrogens (tertiary/aromatic N) is 1. The van der Waals surface area contributed by atoms with Gasteiger partial charge in [-0.05, 0) is 48.4 Å². The molecule has 0 aromatic heterocycles. The Bertz CT molecular complexity index is 881. The van der Waals surface area contributed by atoms with Crippen LogP contribution in [0.2, 0.25) is 0 Å². The van der Waals surface area contributed by atoms with Gasteiger partial charge in [0.1, 0.15) is 0 Å². The summed E-state index contributed by atoms with van der Waals surface area (Å²) in [6, 6.07) is 27.1. The van der Waals surface area contributed by atoms with E-state index in [1.807, 2.05) is 91.9 Å². The summed E-state index contributed by atoms with van der Waals surface area (Å²) >= 11 is 0. The van der Waals surface area contributed by atoms with Crippen LogP contribution in [0.3, 0.4) is 0 Å². The van der Waals surface area contributed by atoms with Crippen LogP contribution in [-0.4, -0.2) is 23.7 Å². The number of anilines is 2. The molecule has 0 saturated carbocycles. The van der Waals surface area contributed by atoms with Gasteiger partial charge in [-0.3, -0.25) is 4.79 Å². The van der Waals surface area contributed by atoms with Crippen LogP contribution >= 0.6 is 0 Å². The number of nitrogens with one attached hydrogen (secondary N) is 1. The van der Waals surface area contributed by atoms with Crippen molar-refractivity contribution in [1.29, 1.82) is 0 Å². The largest absolute Gasteiger partial charge is 0.391 e. The molecule has 3 aromatic carbocycles. The average molecular weight is 374 g/mol. The Hall–Kier alpha value is -3.11. The van der Waals surface area contributed by atoms with Gasteiger partial charge in [0.2, 0.25) is 0 Å². The molecule has 3 aromatic rings. The molecule has 0 saturated heterocycles. The van der Waals surface area contributed by atoms with Crippen LogP contribution in [0, 0.1) is 0 Å². The number of aliphatic hydroxyl groups excluding tert-OH is 1. The van der Waals surface area contributed by atoms with E-state index in [-0.39, 0.29) is 5.91 Å². The van der Waals surface area contributed by atoms with Crippen LogP contribution in [-0.2, 0) is 6.54 Å². The molecule has 2 N–H and O–H groups in total. The van der Waals surface area contributed by atoms with Gasteiger partial charge in [-0.2, -0.15) is 0 Å². The Balaban J connectivity index is 1.76. The molecule has 4 heteroatoms. The lowest BCUT2D eigenvalue weighted by atomic mass is 10.1. The van der Waals surface area contributed by atoms with Crippen molar-refractivity contribution in [3.05, 3.63) is 96.1 Å². The van der Waals surface area contributed by atoms with Gasteiger partial charge in [-0.15, -0.1) is 0 Å². The lowest BCUT2D eigenvalue weighted by Crippen LogP contribution is -2.31. The molecule has 4 nitrogen and oxygen atoms in total. The second-order valence-electron chi connectivity index (χ2n) is 6.80. The van der Waals surface area contributed by atoms with E-state index in [2.05, 4.69) is 10.2 Å². The first-order valence-corrected chi connectivity index (χ1v) is 9.59. The van der Waals surface area contributed by atoms with E-state index in [1.54, 1.807) is 0 Å². The Morgan fingerprint density at radius 2 is 1.64 bits per heavy atom. The number of hydrogen-bond donors (Lipinski definition) is 2. The second kappa shape index (κ2) is 9.72. The number of carbonyl (C=O) groups excluding carboxylic acids is 1. The highest BCUT2D eigenvalue weighted by atomic mass is 16.3. The third-order valence-corrected chi connectivity index (χ3v) is 4.62. The van der Waals surface area contributed by atoms with Crippen LogP contribution in [0.25, 0.3) is 0 Å².